The van der Waals surface area contributed by atoms with Crippen molar-refractivity contribution in [1.29, 1.82) is 0 Å². The van der Waals surface area contributed by atoms with Crippen LogP contribution >= 0.6 is 15.9 Å². The van der Waals surface area contributed by atoms with Gasteiger partial charge in [-0.25, -0.2) is 4.98 Å². The van der Waals surface area contributed by atoms with Crippen LogP contribution in [0.15, 0.2) is 28.7 Å². The number of nitrogen functional groups attached to an aromatic ring is 1. The molecular weight excluding hydrogens is 292 g/mol. The zero-order valence-corrected chi connectivity index (χ0v) is 12.2. The van der Waals surface area contributed by atoms with Gasteiger partial charge >= 0.3 is 0 Å². The van der Waals surface area contributed by atoms with Gasteiger partial charge in [0.15, 0.2) is 0 Å². The molecule has 0 fully saturated rings. The highest BCUT2D eigenvalue weighted by molar-refractivity contribution is 9.10. The summed E-state index contributed by atoms with van der Waals surface area (Å²) in [6.45, 7) is 5.96. The third kappa shape index (κ3) is 2.64. The number of benzene rings is 1. The van der Waals surface area contributed by atoms with Gasteiger partial charge in [0.25, 0.3) is 0 Å². The lowest BCUT2D eigenvalue weighted by molar-refractivity contribution is 0.463. The molecule has 0 radical (unpaired) electrons. The number of nitrogens with zero attached hydrogens (tertiary/aromatic N) is 1. The molecule has 2 aromatic rings. The standard InChI is InChI=1S/C14H15BrN2O/c1-8-6-11(7-9(2)13(8)15)18-14-12(16)5-4-10(3)17-14/h4-7H,16H2,1-3H3. The maximum absolute atomic E-state index is 5.85. The molecule has 0 aliphatic carbocycles. The Balaban J connectivity index is 2.37. The first-order chi connectivity index (χ1) is 8.47. The van der Waals surface area contributed by atoms with Crippen molar-refractivity contribution in [3.05, 3.63) is 45.6 Å². The van der Waals surface area contributed by atoms with Crippen molar-refractivity contribution in [2.75, 3.05) is 5.73 Å². The lowest BCUT2D eigenvalue weighted by atomic mass is 10.1. The maximum Gasteiger partial charge on any atom is 0.242 e. The Morgan fingerprint density at radius 1 is 1.11 bits per heavy atom. The van der Waals surface area contributed by atoms with E-state index in [1.165, 1.54) is 0 Å². The van der Waals surface area contributed by atoms with Gasteiger partial charge in [0.1, 0.15) is 5.75 Å². The third-order valence-corrected chi connectivity index (χ3v) is 3.90. The SMILES string of the molecule is Cc1ccc(N)c(Oc2cc(C)c(Br)c(C)c2)n1. The van der Waals surface area contributed by atoms with E-state index in [-0.39, 0.29) is 0 Å². The molecule has 0 amide bonds. The molecule has 2 rings (SSSR count). The van der Waals surface area contributed by atoms with Crippen LogP contribution in [0.5, 0.6) is 11.6 Å². The van der Waals surface area contributed by atoms with E-state index < -0.39 is 0 Å². The first-order valence-electron chi connectivity index (χ1n) is 5.65. The van der Waals surface area contributed by atoms with Gasteiger partial charge in [0.2, 0.25) is 5.88 Å². The average molecular weight is 307 g/mol. The first-order valence-corrected chi connectivity index (χ1v) is 6.44. The molecule has 0 bridgehead atoms. The van der Waals surface area contributed by atoms with Crippen LogP contribution in [0.2, 0.25) is 0 Å². The molecule has 3 nitrogen and oxygen atoms in total. The predicted molar refractivity (Wildman–Crippen MR) is 77.1 cm³/mol. The van der Waals surface area contributed by atoms with Crippen molar-refractivity contribution >= 4 is 21.6 Å². The van der Waals surface area contributed by atoms with Crippen molar-refractivity contribution in [2.24, 2.45) is 0 Å². The fourth-order valence-electron chi connectivity index (χ4n) is 1.70. The van der Waals surface area contributed by atoms with Crippen LogP contribution in [-0.4, -0.2) is 4.98 Å². The second-order valence-electron chi connectivity index (χ2n) is 4.32. The molecule has 0 atom stereocenters. The molecular formula is C14H15BrN2O. The Kier molecular flexibility index (Phi) is 3.57. The van der Waals surface area contributed by atoms with Crippen molar-refractivity contribution in [3.8, 4) is 11.6 Å². The van der Waals surface area contributed by atoms with E-state index in [4.69, 9.17) is 10.5 Å². The number of nitrogens with two attached hydrogens (primary N) is 1. The summed E-state index contributed by atoms with van der Waals surface area (Å²) in [5, 5.41) is 0. The Bertz CT molecular complexity index is 573. The summed E-state index contributed by atoms with van der Waals surface area (Å²) in [4.78, 5) is 4.29. The second-order valence-corrected chi connectivity index (χ2v) is 5.11. The number of rotatable bonds is 2. The van der Waals surface area contributed by atoms with Crippen molar-refractivity contribution in [3.63, 3.8) is 0 Å². The van der Waals surface area contributed by atoms with Crippen LogP contribution in [0.1, 0.15) is 16.8 Å². The lowest BCUT2D eigenvalue weighted by Crippen LogP contribution is -1.97. The zero-order chi connectivity index (χ0) is 13.3. The van der Waals surface area contributed by atoms with Crippen molar-refractivity contribution < 1.29 is 4.74 Å². The normalized spacial score (nSPS) is 10.4. The van der Waals surface area contributed by atoms with Crippen LogP contribution in [0.25, 0.3) is 0 Å². The summed E-state index contributed by atoms with van der Waals surface area (Å²) < 4.78 is 6.85. The molecule has 1 aromatic carbocycles. The number of aromatic nitrogens is 1. The summed E-state index contributed by atoms with van der Waals surface area (Å²) in [5.41, 5.74) is 9.51. The zero-order valence-electron chi connectivity index (χ0n) is 10.6. The maximum atomic E-state index is 5.85. The molecule has 0 unspecified atom stereocenters. The molecule has 1 aromatic heterocycles. The summed E-state index contributed by atoms with van der Waals surface area (Å²) in [6.07, 6.45) is 0. The Labute approximate surface area is 115 Å². The molecule has 2 N–H and O–H groups in total. The summed E-state index contributed by atoms with van der Waals surface area (Å²) >= 11 is 3.53. The molecule has 0 saturated heterocycles. The summed E-state index contributed by atoms with van der Waals surface area (Å²) in [6, 6.07) is 7.58. The van der Waals surface area contributed by atoms with E-state index in [0.717, 1.165) is 27.0 Å². The average Bonchev–Trinajstić information content (AvgIpc) is 2.31. The Morgan fingerprint density at radius 2 is 1.72 bits per heavy atom. The van der Waals surface area contributed by atoms with E-state index in [1.807, 2.05) is 39.0 Å². The molecule has 0 saturated carbocycles. The first kappa shape index (κ1) is 12.9. The molecule has 18 heavy (non-hydrogen) atoms. The van der Waals surface area contributed by atoms with Crippen molar-refractivity contribution in [1.82, 2.24) is 4.98 Å². The van der Waals surface area contributed by atoms with Crippen LogP contribution in [0.4, 0.5) is 5.69 Å². The topological polar surface area (TPSA) is 48.1 Å². The van der Waals surface area contributed by atoms with Crippen LogP contribution in [-0.2, 0) is 0 Å². The number of hydrogen-bond acceptors (Lipinski definition) is 3. The van der Waals surface area contributed by atoms with Crippen LogP contribution < -0.4 is 10.5 Å². The molecule has 0 spiro atoms. The molecule has 4 heteroatoms. The van der Waals surface area contributed by atoms with Crippen LogP contribution in [0, 0.1) is 20.8 Å². The minimum Gasteiger partial charge on any atom is -0.437 e. The number of ether oxygens (including phenoxy) is 1. The van der Waals surface area contributed by atoms with E-state index in [2.05, 4.69) is 20.9 Å². The largest absolute Gasteiger partial charge is 0.437 e. The van der Waals surface area contributed by atoms with Gasteiger partial charge in [-0.05, 0) is 56.2 Å². The number of pyridine rings is 1. The quantitative estimate of drug-likeness (QED) is 0.907. The molecule has 0 aliphatic heterocycles. The van der Waals surface area contributed by atoms with E-state index in [9.17, 15) is 0 Å². The number of anilines is 1. The highest BCUT2D eigenvalue weighted by Gasteiger charge is 2.07. The van der Waals surface area contributed by atoms with Gasteiger partial charge in [0, 0.05) is 10.2 Å². The number of hydrogen-bond donors (Lipinski definition) is 1. The van der Waals surface area contributed by atoms with Gasteiger partial charge in [-0.1, -0.05) is 15.9 Å². The van der Waals surface area contributed by atoms with E-state index >= 15 is 0 Å². The smallest absolute Gasteiger partial charge is 0.242 e. The number of halogens is 1. The van der Waals surface area contributed by atoms with Gasteiger partial charge in [-0.2, -0.15) is 0 Å². The summed E-state index contributed by atoms with van der Waals surface area (Å²) in [7, 11) is 0. The highest BCUT2D eigenvalue weighted by Crippen LogP contribution is 2.30. The fraction of sp³-hybridized carbons (Fsp3) is 0.214. The fourth-order valence-corrected chi connectivity index (χ4v) is 1.93. The summed E-state index contributed by atoms with van der Waals surface area (Å²) in [5.74, 6) is 1.20. The Morgan fingerprint density at radius 3 is 2.33 bits per heavy atom. The molecule has 94 valence electrons. The van der Waals surface area contributed by atoms with Gasteiger partial charge in [0.05, 0.1) is 5.69 Å². The molecule has 0 aliphatic rings. The van der Waals surface area contributed by atoms with Crippen molar-refractivity contribution in [2.45, 2.75) is 20.8 Å². The van der Waals surface area contributed by atoms with Gasteiger partial charge < -0.3 is 10.5 Å². The minimum absolute atomic E-state index is 0.455. The predicted octanol–water partition coefficient (Wildman–Crippen LogP) is 4.14. The number of aryl methyl sites for hydroxylation is 3. The van der Waals surface area contributed by atoms with Crippen LogP contribution in [0.3, 0.4) is 0 Å². The highest BCUT2D eigenvalue weighted by atomic mass is 79.9. The Hall–Kier alpha value is -1.55. The van der Waals surface area contributed by atoms with Gasteiger partial charge in [-0.3, -0.25) is 0 Å². The lowest BCUT2D eigenvalue weighted by Gasteiger charge is -2.11. The third-order valence-electron chi connectivity index (χ3n) is 2.65. The van der Waals surface area contributed by atoms with E-state index in [0.29, 0.717) is 11.6 Å². The van der Waals surface area contributed by atoms with Gasteiger partial charge in [-0.15, -0.1) is 0 Å². The second kappa shape index (κ2) is 4.98. The molecule has 1 heterocycles. The monoisotopic (exact) mass is 306 g/mol. The minimum atomic E-state index is 0.455. The van der Waals surface area contributed by atoms with E-state index in [1.54, 1.807) is 6.07 Å².